The van der Waals surface area contributed by atoms with Crippen molar-refractivity contribution in [3.8, 4) is 0 Å². The number of fused-ring (bicyclic) bond motifs is 1. The van der Waals surface area contributed by atoms with Crippen LogP contribution in [-0.4, -0.2) is 18.2 Å². The van der Waals surface area contributed by atoms with Crippen LogP contribution in [0.4, 0.5) is 0 Å². The van der Waals surface area contributed by atoms with E-state index in [1.807, 2.05) is 78.9 Å². The van der Waals surface area contributed by atoms with Crippen LogP contribution in [0.15, 0.2) is 78.9 Å². The molecule has 28 heavy (non-hydrogen) atoms. The Morgan fingerprint density at radius 2 is 1.46 bits per heavy atom. The van der Waals surface area contributed by atoms with Gasteiger partial charge in [0.2, 0.25) is 0 Å². The maximum absolute atomic E-state index is 13.0. The average molecular weight is 393 g/mol. The predicted octanol–water partition coefficient (Wildman–Crippen LogP) is 5.09. The third-order valence-corrected chi connectivity index (χ3v) is 5.87. The summed E-state index contributed by atoms with van der Waals surface area (Å²) in [6.07, 6.45) is -0.800. The molecule has 3 aromatic rings. The van der Waals surface area contributed by atoms with Crippen molar-refractivity contribution < 1.29 is 14.6 Å². The van der Waals surface area contributed by atoms with E-state index in [0.717, 1.165) is 22.3 Å². The molecule has 142 valence electrons. The van der Waals surface area contributed by atoms with E-state index in [1.165, 1.54) is 7.11 Å². The van der Waals surface area contributed by atoms with E-state index in [1.54, 1.807) is 0 Å². The quantitative estimate of drug-likeness (QED) is 0.631. The molecule has 0 heterocycles. The maximum atomic E-state index is 13.0. The van der Waals surface area contributed by atoms with E-state index in [-0.39, 0.29) is 11.9 Å². The molecule has 0 saturated heterocycles. The van der Waals surface area contributed by atoms with E-state index in [4.69, 9.17) is 16.3 Å². The largest absolute Gasteiger partial charge is 0.469 e. The van der Waals surface area contributed by atoms with Crippen LogP contribution in [0.1, 0.15) is 40.2 Å². The number of benzene rings is 3. The summed E-state index contributed by atoms with van der Waals surface area (Å²) in [5, 5.41) is 11.9. The first-order valence-corrected chi connectivity index (χ1v) is 9.64. The Kier molecular flexibility index (Phi) is 5.21. The number of halogens is 1. The lowest BCUT2D eigenvalue weighted by Crippen LogP contribution is -2.38. The van der Waals surface area contributed by atoms with Crippen LogP contribution in [0.5, 0.6) is 0 Å². The average Bonchev–Trinajstić information content (AvgIpc) is 2.74. The van der Waals surface area contributed by atoms with Gasteiger partial charge in [-0.25, -0.2) is 0 Å². The highest BCUT2D eigenvalue weighted by atomic mass is 35.5. The summed E-state index contributed by atoms with van der Waals surface area (Å²) in [6.45, 7) is 0. The Morgan fingerprint density at radius 1 is 0.857 bits per heavy atom. The third-order valence-electron chi connectivity index (χ3n) is 5.62. The molecule has 4 heteroatoms. The molecule has 0 fully saturated rings. The normalized spacial score (nSPS) is 23.7. The lowest BCUT2D eigenvalue weighted by Gasteiger charge is -2.41. The van der Waals surface area contributed by atoms with E-state index >= 15 is 0 Å². The van der Waals surface area contributed by atoms with Crippen molar-refractivity contribution in [2.24, 2.45) is 5.92 Å². The number of rotatable bonds is 3. The summed E-state index contributed by atoms with van der Waals surface area (Å²) in [5.41, 5.74) is 3.68. The standard InChI is InChI=1S/C24H21ClO3/c1-28-24(27)22-20(16-11-13-17(25)14-12-16)18-9-5-6-10-19(18)23(26)21(22)15-7-3-2-4-8-15/h2-14,20-23,26H,1H3/t20-,21+,22+,23+/m0/s1. The molecule has 3 nitrogen and oxygen atoms in total. The highest BCUT2D eigenvalue weighted by molar-refractivity contribution is 6.30. The van der Waals surface area contributed by atoms with Crippen LogP contribution < -0.4 is 0 Å². The summed E-state index contributed by atoms with van der Waals surface area (Å²) >= 11 is 6.09. The van der Waals surface area contributed by atoms with Gasteiger partial charge in [-0.3, -0.25) is 4.79 Å². The molecule has 1 N–H and O–H groups in total. The molecule has 0 aliphatic heterocycles. The van der Waals surface area contributed by atoms with Gasteiger partial charge in [-0.15, -0.1) is 0 Å². The number of hydrogen-bond acceptors (Lipinski definition) is 3. The molecule has 0 radical (unpaired) electrons. The first kappa shape index (κ1) is 18.7. The third kappa shape index (κ3) is 3.21. The lowest BCUT2D eigenvalue weighted by atomic mass is 9.63. The number of aliphatic hydroxyl groups is 1. The van der Waals surface area contributed by atoms with Crippen molar-refractivity contribution in [1.29, 1.82) is 0 Å². The SMILES string of the molecule is COC(=O)[C@@H]1[C@@H](c2ccc(Cl)cc2)c2ccccc2[C@@H](O)[C@@H]1c1ccccc1. The minimum atomic E-state index is -0.800. The van der Waals surface area contributed by atoms with Gasteiger partial charge in [0.25, 0.3) is 0 Å². The van der Waals surface area contributed by atoms with Gasteiger partial charge >= 0.3 is 5.97 Å². The first-order chi connectivity index (χ1) is 13.6. The first-order valence-electron chi connectivity index (χ1n) is 9.27. The van der Waals surface area contributed by atoms with Gasteiger partial charge in [0, 0.05) is 16.9 Å². The van der Waals surface area contributed by atoms with Crippen LogP contribution in [0, 0.1) is 5.92 Å². The van der Waals surface area contributed by atoms with Crippen LogP contribution >= 0.6 is 11.6 Å². The Labute approximate surface area is 169 Å². The van der Waals surface area contributed by atoms with E-state index in [0.29, 0.717) is 5.02 Å². The van der Waals surface area contributed by atoms with Gasteiger partial charge in [0.1, 0.15) is 0 Å². The maximum Gasteiger partial charge on any atom is 0.310 e. The Balaban J connectivity index is 1.96. The van der Waals surface area contributed by atoms with Gasteiger partial charge in [-0.2, -0.15) is 0 Å². The van der Waals surface area contributed by atoms with Crippen LogP contribution in [0.3, 0.4) is 0 Å². The molecule has 1 aliphatic rings. The molecular weight excluding hydrogens is 372 g/mol. The molecule has 3 aromatic carbocycles. The molecule has 1 aliphatic carbocycles. The van der Waals surface area contributed by atoms with Crippen molar-refractivity contribution in [2.75, 3.05) is 7.11 Å². The number of carbonyl (C=O) groups is 1. The predicted molar refractivity (Wildman–Crippen MR) is 109 cm³/mol. The summed E-state index contributed by atoms with van der Waals surface area (Å²) in [5.74, 6) is -1.54. The fourth-order valence-electron chi connectivity index (χ4n) is 4.39. The van der Waals surface area contributed by atoms with Crippen molar-refractivity contribution in [1.82, 2.24) is 0 Å². The number of methoxy groups -OCH3 is 1. The molecule has 0 aromatic heterocycles. The summed E-state index contributed by atoms with van der Waals surface area (Å²) in [4.78, 5) is 13.0. The Bertz CT molecular complexity index is 969. The highest BCUT2D eigenvalue weighted by Gasteiger charge is 2.47. The summed E-state index contributed by atoms with van der Waals surface area (Å²) < 4.78 is 5.20. The molecule has 0 saturated carbocycles. The molecular formula is C24H21ClO3. The van der Waals surface area contributed by atoms with Crippen molar-refractivity contribution >= 4 is 17.6 Å². The molecule has 4 rings (SSSR count). The monoisotopic (exact) mass is 392 g/mol. The van der Waals surface area contributed by atoms with Gasteiger partial charge in [0.05, 0.1) is 19.1 Å². The zero-order valence-corrected chi connectivity index (χ0v) is 16.2. The second-order valence-electron chi connectivity index (χ2n) is 7.09. The van der Waals surface area contributed by atoms with E-state index < -0.39 is 17.9 Å². The van der Waals surface area contributed by atoms with E-state index in [2.05, 4.69) is 0 Å². The molecule has 0 bridgehead atoms. The fourth-order valence-corrected chi connectivity index (χ4v) is 4.52. The topological polar surface area (TPSA) is 46.5 Å². The molecule has 0 unspecified atom stereocenters. The number of esters is 1. The van der Waals surface area contributed by atoms with Crippen LogP contribution in [-0.2, 0) is 9.53 Å². The number of ether oxygens (including phenoxy) is 1. The van der Waals surface area contributed by atoms with E-state index in [9.17, 15) is 9.90 Å². The van der Waals surface area contributed by atoms with Crippen LogP contribution in [0.2, 0.25) is 5.02 Å². The second kappa shape index (κ2) is 7.78. The summed E-state index contributed by atoms with van der Waals surface area (Å²) in [6, 6.07) is 25.0. The zero-order chi connectivity index (χ0) is 19.7. The van der Waals surface area contributed by atoms with Gasteiger partial charge in [-0.05, 0) is 34.4 Å². The van der Waals surface area contributed by atoms with Crippen molar-refractivity contribution in [3.05, 3.63) is 106 Å². The smallest absolute Gasteiger partial charge is 0.310 e. The van der Waals surface area contributed by atoms with Crippen molar-refractivity contribution in [3.63, 3.8) is 0 Å². The molecule has 0 amide bonds. The lowest BCUT2D eigenvalue weighted by molar-refractivity contribution is -0.148. The Hall–Kier alpha value is -2.62. The number of carbonyl (C=O) groups excluding carboxylic acids is 1. The Morgan fingerprint density at radius 3 is 2.11 bits per heavy atom. The molecule has 0 spiro atoms. The fraction of sp³-hybridized carbons (Fsp3) is 0.208. The number of hydrogen-bond donors (Lipinski definition) is 1. The summed E-state index contributed by atoms with van der Waals surface area (Å²) in [7, 11) is 1.40. The number of aliphatic hydroxyl groups excluding tert-OH is 1. The van der Waals surface area contributed by atoms with Crippen LogP contribution in [0.25, 0.3) is 0 Å². The minimum absolute atomic E-state index is 0.241. The van der Waals surface area contributed by atoms with Gasteiger partial charge < -0.3 is 9.84 Å². The second-order valence-corrected chi connectivity index (χ2v) is 7.52. The van der Waals surface area contributed by atoms with Gasteiger partial charge in [0.15, 0.2) is 0 Å². The minimum Gasteiger partial charge on any atom is -0.469 e. The van der Waals surface area contributed by atoms with Gasteiger partial charge in [-0.1, -0.05) is 78.3 Å². The highest BCUT2D eigenvalue weighted by Crippen LogP contribution is 2.52. The molecule has 4 atom stereocenters. The van der Waals surface area contributed by atoms with Crippen molar-refractivity contribution in [2.45, 2.75) is 17.9 Å². The zero-order valence-electron chi connectivity index (χ0n) is 15.5.